The van der Waals surface area contributed by atoms with Gasteiger partial charge in [-0.3, -0.25) is 9.10 Å². The first kappa shape index (κ1) is 23.0. The number of nitrogens with one attached hydrogen (secondary N) is 1. The SMILES string of the molecule is CS(=O)(=O)N(Cc1ccc(Cl)cc1)c1ccc(C(=O)N/N=C/c2ccc(Br)cc2)cc1. The lowest BCUT2D eigenvalue weighted by molar-refractivity contribution is 0.0955. The maximum absolute atomic E-state index is 12.3. The summed E-state index contributed by atoms with van der Waals surface area (Å²) in [7, 11) is -3.53. The van der Waals surface area contributed by atoms with Gasteiger partial charge in [-0.2, -0.15) is 5.10 Å². The van der Waals surface area contributed by atoms with Crippen molar-refractivity contribution in [1.29, 1.82) is 0 Å². The fourth-order valence-electron chi connectivity index (χ4n) is 2.71. The lowest BCUT2D eigenvalue weighted by atomic mass is 10.2. The predicted molar refractivity (Wildman–Crippen MR) is 128 cm³/mol. The Morgan fingerprint density at radius 1 is 1.03 bits per heavy atom. The van der Waals surface area contributed by atoms with Gasteiger partial charge >= 0.3 is 0 Å². The van der Waals surface area contributed by atoms with Crippen molar-refractivity contribution in [3.8, 4) is 0 Å². The van der Waals surface area contributed by atoms with E-state index < -0.39 is 15.9 Å². The van der Waals surface area contributed by atoms with E-state index >= 15 is 0 Å². The van der Waals surface area contributed by atoms with Crippen LogP contribution in [0.1, 0.15) is 21.5 Å². The Balaban J connectivity index is 1.70. The molecule has 0 atom stereocenters. The van der Waals surface area contributed by atoms with E-state index in [0.29, 0.717) is 16.3 Å². The van der Waals surface area contributed by atoms with Gasteiger partial charge in [0, 0.05) is 15.1 Å². The minimum atomic E-state index is -3.53. The van der Waals surface area contributed by atoms with Gasteiger partial charge in [0.1, 0.15) is 0 Å². The predicted octanol–water partition coefficient (Wildman–Crippen LogP) is 4.83. The number of hydrazone groups is 1. The Morgan fingerprint density at radius 3 is 2.23 bits per heavy atom. The van der Waals surface area contributed by atoms with Gasteiger partial charge in [-0.25, -0.2) is 13.8 Å². The third-order valence-electron chi connectivity index (χ3n) is 4.31. The normalized spacial score (nSPS) is 11.5. The van der Waals surface area contributed by atoms with E-state index in [1.165, 1.54) is 10.5 Å². The highest BCUT2D eigenvalue weighted by Gasteiger charge is 2.18. The molecule has 1 N–H and O–H groups in total. The Kier molecular flexibility index (Phi) is 7.48. The highest BCUT2D eigenvalue weighted by Crippen LogP contribution is 2.22. The third-order valence-corrected chi connectivity index (χ3v) is 6.23. The molecule has 6 nitrogen and oxygen atoms in total. The number of anilines is 1. The molecule has 3 aromatic rings. The Bertz CT molecular complexity index is 1180. The van der Waals surface area contributed by atoms with Crippen LogP contribution >= 0.6 is 27.5 Å². The van der Waals surface area contributed by atoms with Crippen molar-refractivity contribution in [2.24, 2.45) is 5.10 Å². The number of sulfonamides is 1. The molecule has 9 heteroatoms. The smallest absolute Gasteiger partial charge is 0.267 e. The molecule has 3 aromatic carbocycles. The number of carbonyl (C=O) groups excluding carboxylic acids is 1. The van der Waals surface area contributed by atoms with Crippen molar-refractivity contribution in [2.45, 2.75) is 6.54 Å². The van der Waals surface area contributed by atoms with E-state index in [2.05, 4.69) is 26.5 Å². The monoisotopic (exact) mass is 519 g/mol. The van der Waals surface area contributed by atoms with Gasteiger partial charge in [0.2, 0.25) is 10.0 Å². The molecule has 0 aliphatic heterocycles. The van der Waals surface area contributed by atoms with Crippen molar-refractivity contribution >= 4 is 55.4 Å². The lowest BCUT2D eigenvalue weighted by Gasteiger charge is -2.22. The second kappa shape index (κ2) is 10.1. The van der Waals surface area contributed by atoms with Crippen LogP contribution in [0.4, 0.5) is 5.69 Å². The molecule has 0 aromatic heterocycles. The Morgan fingerprint density at radius 2 is 1.65 bits per heavy atom. The van der Waals surface area contributed by atoms with E-state index in [1.54, 1.807) is 48.5 Å². The minimum Gasteiger partial charge on any atom is -0.267 e. The van der Waals surface area contributed by atoms with Gasteiger partial charge in [0.05, 0.1) is 24.7 Å². The van der Waals surface area contributed by atoms with Gasteiger partial charge in [-0.1, -0.05) is 51.8 Å². The standard InChI is InChI=1S/C22H19BrClN3O3S/c1-31(29,30)27(15-17-4-10-20(24)11-5-17)21-12-6-18(7-13-21)22(28)26-25-14-16-2-8-19(23)9-3-16/h2-14H,15H2,1H3,(H,26,28)/b25-14+. The molecule has 0 radical (unpaired) electrons. The van der Waals surface area contributed by atoms with Crippen molar-refractivity contribution in [3.05, 3.63) is 99.0 Å². The summed E-state index contributed by atoms with van der Waals surface area (Å²) in [6.45, 7) is 0.152. The third kappa shape index (κ3) is 6.65. The maximum atomic E-state index is 12.3. The van der Waals surface area contributed by atoms with Gasteiger partial charge in [0.25, 0.3) is 5.91 Å². The molecule has 1 amide bonds. The zero-order chi connectivity index (χ0) is 22.4. The first-order chi connectivity index (χ1) is 14.7. The largest absolute Gasteiger partial charge is 0.271 e. The van der Waals surface area contributed by atoms with Crippen LogP contribution in [0.2, 0.25) is 5.02 Å². The van der Waals surface area contributed by atoms with Gasteiger partial charge in [-0.05, 0) is 59.7 Å². The molecule has 3 rings (SSSR count). The molecule has 0 saturated heterocycles. The summed E-state index contributed by atoms with van der Waals surface area (Å²) in [6.07, 6.45) is 2.68. The molecule has 0 aliphatic carbocycles. The Hall–Kier alpha value is -2.68. The van der Waals surface area contributed by atoms with Crippen LogP contribution < -0.4 is 9.73 Å². The number of benzene rings is 3. The molecular weight excluding hydrogens is 502 g/mol. The Labute approximate surface area is 194 Å². The second-order valence-corrected chi connectivity index (χ2v) is 9.95. The van der Waals surface area contributed by atoms with E-state index in [-0.39, 0.29) is 6.54 Å². The molecule has 0 fully saturated rings. The molecule has 0 bridgehead atoms. The van der Waals surface area contributed by atoms with E-state index in [9.17, 15) is 13.2 Å². The zero-order valence-corrected chi connectivity index (χ0v) is 19.7. The molecule has 31 heavy (non-hydrogen) atoms. The second-order valence-electron chi connectivity index (χ2n) is 6.69. The van der Waals surface area contributed by atoms with Crippen LogP contribution in [0.5, 0.6) is 0 Å². The topological polar surface area (TPSA) is 78.8 Å². The molecule has 160 valence electrons. The average molecular weight is 521 g/mol. The van der Waals surface area contributed by atoms with Gasteiger partial charge < -0.3 is 0 Å². The fourth-order valence-corrected chi connectivity index (χ4v) is 3.99. The van der Waals surface area contributed by atoms with Crippen molar-refractivity contribution in [2.75, 3.05) is 10.6 Å². The van der Waals surface area contributed by atoms with Crippen molar-refractivity contribution < 1.29 is 13.2 Å². The van der Waals surface area contributed by atoms with Crippen LogP contribution in [-0.2, 0) is 16.6 Å². The number of carbonyl (C=O) groups is 1. The molecule has 0 saturated carbocycles. The maximum Gasteiger partial charge on any atom is 0.271 e. The summed E-state index contributed by atoms with van der Waals surface area (Å²) in [5, 5.41) is 4.53. The summed E-state index contributed by atoms with van der Waals surface area (Å²) in [4.78, 5) is 12.3. The highest BCUT2D eigenvalue weighted by atomic mass is 79.9. The zero-order valence-electron chi connectivity index (χ0n) is 16.5. The number of hydrogen-bond acceptors (Lipinski definition) is 4. The van der Waals surface area contributed by atoms with E-state index in [1.807, 2.05) is 24.3 Å². The summed E-state index contributed by atoms with van der Waals surface area (Å²) >= 11 is 9.25. The fraction of sp³-hybridized carbons (Fsp3) is 0.0909. The van der Waals surface area contributed by atoms with Gasteiger partial charge in [-0.15, -0.1) is 0 Å². The first-order valence-corrected chi connectivity index (χ1v) is 12.2. The van der Waals surface area contributed by atoms with Crippen LogP contribution in [0, 0.1) is 0 Å². The summed E-state index contributed by atoms with van der Waals surface area (Å²) in [5.41, 5.74) is 4.90. The highest BCUT2D eigenvalue weighted by molar-refractivity contribution is 9.10. The number of halogens is 2. The summed E-state index contributed by atoms with van der Waals surface area (Å²) in [5.74, 6) is -0.400. The number of rotatable bonds is 7. The summed E-state index contributed by atoms with van der Waals surface area (Å²) in [6, 6.07) is 20.7. The van der Waals surface area contributed by atoms with E-state index in [4.69, 9.17) is 11.6 Å². The first-order valence-electron chi connectivity index (χ1n) is 9.13. The minimum absolute atomic E-state index is 0.152. The number of nitrogens with zero attached hydrogens (tertiary/aromatic N) is 2. The number of hydrogen-bond donors (Lipinski definition) is 1. The number of amides is 1. The van der Waals surface area contributed by atoms with Crippen LogP contribution in [0.15, 0.2) is 82.4 Å². The molecule has 0 aliphatic rings. The lowest BCUT2D eigenvalue weighted by Crippen LogP contribution is -2.29. The van der Waals surface area contributed by atoms with Crippen molar-refractivity contribution in [1.82, 2.24) is 5.43 Å². The van der Waals surface area contributed by atoms with Gasteiger partial charge in [0.15, 0.2) is 0 Å². The average Bonchev–Trinajstić information content (AvgIpc) is 2.74. The van der Waals surface area contributed by atoms with E-state index in [0.717, 1.165) is 21.9 Å². The molecular formula is C22H19BrClN3O3S. The van der Waals surface area contributed by atoms with Crippen molar-refractivity contribution in [3.63, 3.8) is 0 Å². The van der Waals surface area contributed by atoms with Crippen LogP contribution in [-0.4, -0.2) is 26.8 Å². The van der Waals surface area contributed by atoms with Crippen LogP contribution in [0.25, 0.3) is 0 Å². The molecule has 0 unspecified atom stereocenters. The summed E-state index contributed by atoms with van der Waals surface area (Å²) < 4.78 is 26.9. The quantitative estimate of drug-likeness (QED) is 0.358. The molecule has 0 spiro atoms. The van der Waals surface area contributed by atoms with Crippen LogP contribution in [0.3, 0.4) is 0 Å². The molecule has 0 heterocycles.